The van der Waals surface area contributed by atoms with E-state index in [9.17, 15) is 17.6 Å². The fourth-order valence-electron chi connectivity index (χ4n) is 3.47. The Morgan fingerprint density at radius 2 is 1.69 bits per heavy atom. The molecule has 0 bridgehead atoms. The third-order valence-electron chi connectivity index (χ3n) is 5.24. The number of hydrogen-bond donors (Lipinski definition) is 1. The molecule has 186 valence electrons. The maximum Gasteiger partial charge on any atom is 0.251 e. The molecule has 0 saturated heterocycles. The van der Waals surface area contributed by atoms with Gasteiger partial charge in [-0.1, -0.05) is 53.5 Å². The number of carbonyl (C=O) groups is 1. The van der Waals surface area contributed by atoms with Crippen LogP contribution in [-0.4, -0.2) is 33.7 Å². The van der Waals surface area contributed by atoms with Crippen LogP contribution in [0.1, 0.15) is 34.8 Å². The standard InChI is InChI=1S/C26H28BrFN2O4S/c1-3-4-19-7-12-23(13-8-19)34-16-15-29-26(31)21-9-5-20(6-10-21)18-30(35(2,32)33)25-14-11-22(27)17-24(25)28/h5-14,17H,3-4,15-16,18H2,1-2H3,(H,29,31). The summed E-state index contributed by atoms with van der Waals surface area (Å²) in [7, 11) is -3.74. The molecule has 1 amide bonds. The van der Waals surface area contributed by atoms with Gasteiger partial charge in [-0.05, 0) is 60.0 Å². The van der Waals surface area contributed by atoms with Gasteiger partial charge in [0.2, 0.25) is 10.0 Å². The van der Waals surface area contributed by atoms with Gasteiger partial charge in [-0.25, -0.2) is 12.8 Å². The summed E-state index contributed by atoms with van der Waals surface area (Å²) < 4.78 is 46.2. The average Bonchev–Trinajstić information content (AvgIpc) is 2.81. The van der Waals surface area contributed by atoms with Gasteiger partial charge in [0.25, 0.3) is 5.91 Å². The Morgan fingerprint density at radius 3 is 2.29 bits per heavy atom. The molecule has 0 aliphatic rings. The zero-order chi connectivity index (χ0) is 25.4. The zero-order valence-electron chi connectivity index (χ0n) is 19.6. The van der Waals surface area contributed by atoms with Crippen LogP contribution < -0.4 is 14.4 Å². The van der Waals surface area contributed by atoms with Crippen LogP contribution in [0.15, 0.2) is 71.2 Å². The monoisotopic (exact) mass is 562 g/mol. The molecule has 0 heterocycles. The zero-order valence-corrected chi connectivity index (χ0v) is 22.0. The minimum Gasteiger partial charge on any atom is -0.492 e. The van der Waals surface area contributed by atoms with Gasteiger partial charge in [-0.15, -0.1) is 0 Å². The van der Waals surface area contributed by atoms with E-state index in [0.29, 0.717) is 28.8 Å². The number of anilines is 1. The van der Waals surface area contributed by atoms with Gasteiger partial charge < -0.3 is 10.1 Å². The molecule has 9 heteroatoms. The summed E-state index contributed by atoms with van der Waals surface area (Å²) >= 11 is 3.17. The number of carbonyl (C=O) groups excluding carboxylic acids is 1. The van der Waals surface area contributed by atoms with E-state index in [1.165, 1.54) is 17.7 Å². The highest BCUT2D eigenvalue weighted by atomic mass is 79.9. The van der Waals surface area contributed by atoms with E-state index in [1.807, 2.05) is 24.3 Å². The summed E-state index contributed by atoms with van der Waals surface area (Å²) in [6.07, 6.45) is 3.15. The van der Waals surface area contributed by atoms with Crippen molar-refractivity contribution in [2.45, 2.75) is 26.3 Å². The molecule has 0 aromatic heterocycles. The predicted molar refractivity (Wildman–Crippen MR) is 140 cm³/mol. The minimum absolute atomic E-state index is 0.0440. The minimum atomic E-state index is -3.74. The number of nitrogens with one attached hydrogen (secondary N) is 1. The van der Waals surface area contributed by atoms with E-state index >= 15 is 0 Å². The Morgan fingerprint density at radius 1 is 1.03 bits per heavy atom. The largest absolute Gasteiger partial charge is 0.492 e. The number of hydrogen-bond acceptors (Lipinski definition) is 4. The molecule has 0 spiro atoms. The maximum absolute atomic E-state index is 14.4. The lowest BCUT2D eigenvalue weighted by atomic mass is 10.1. The Labute approximate surface area is 214 Å². The highest BCUT2D eigenvalue weighted by Crippen LogP contribution is 2.27. The molecule has 0 aliphatic carbocycles. The Bertz CT molecular complexity index is 1250. The van der Waals surface area contributed by atoms with Crippen molar-refractivity contribution in [3.05, 3.63) is 93.7 Å². The summed E-state index contributed by atoms with van der Waals surface area (Å²) in [5.74, 6) is -0.168. The molecular weight excluding hydrogens is 535 g/mol. The molecule has 0 unspecified atom stereocenters. The molecule has 35 heavy (non-hydrogen) atoms. The number of amides is 1. The first-order chi connectivity index (χ1) is 16.7. The van der Waals surface area contributed by atoms with Crippen molar-refractivity contribution in [2.75, 3.05) is 23.7 Å². The predicted octanol–water partition coefficient (Wildman–Crippen LogP) is 5.32. The van der Waals surface area contributed by atoms with Crippen LogP contribution in [0, 0.1) is 5.82 Å². The normalized spacial score (nSPS) is 11.2. The van der Waals surface area contributed by atoms with Gasteiger partial charge in [0.1, 0.15) is 18.2 Å². The van der Waals surface area contributed by atoms with E-state index in [1.54, 1.807) is 30.3 Å². The number of halogens is 2. The molecule has 3 aromatic rings. The first-order valence-electron chi connectivity index (χ1n) is 11.2. The average molecular weight is 563 g/mol. The number of ether oxygens (including phenoxy) is 1. The molecule has 0 radical (unpaired) electrons. The quantitative estimate of drug-likeness (QED) is 0.321. The molecular formula is C26H28BrFN2O4S. The van der Waals surface area contributed by atoms with Crippen molar-refractivity contribution < 1.29 is 22.3 Å². The highest BCUT2D eigenvalue weighted by molar-refractivity contribution is 9.10. The van der Waals surface area contributed by atoms with Crippen LogP contribution >= 0.6 is 15.9 Å². The Balaban J connectivity index is 1.55. The van der Waals surface area contributed by atoms with E-state index < -0.39 is 15.8 Å². The summed E-state index contributed by atoms with van der Waals surface area (Å²) in [4.78, 5) is 12.4. The highest BCUT2D eigenvalue weighted by Gasteiger charge is 2.21. The summed E-state index contributed by atoms with van der Waals surface area (Å²) in [5, 5.41) is 2.80. The van der Waals surface area contributed by atoms with E-state index in [0.717, 1.165) is 29.2 Å². The topological polar surface area (TPSA) is 75.7 Å². The first kappa shape index (κ1) is 26.7. The Hall–Kier alpha value is -2.91. The van der Waals surface area contributed by atoms with Crippen molar-refractivity contribution in [1.29, 1.82) is 0 Å². The number of benzene rings is 3. The maximum atomic E-state index is 14.4. The fraction of sp³-hybridized carbons (Fsp3) is 0.269. The second-order valence-electron chi connectivity index (χ2n) is 8.06. The number of rotatable bonds is 11. The lowest BCUT2D eigenvalue weighted by Gasteiger charge is -2.23. The van der Waals surface area contributed by atoms with Gasteiger partial charge in [0.15, 0.2) is 0 Å². The molecule has 0 saturated carbocycles. The van der Waals surface area contributed by atoms with Crippen LogP contribution in [0.25, 0.3) is 0 Å². The summed E-state index contributed by atoms with van der Waals surface area (Å²) in [6.45, 7) is 2.74. The van der Waals surface area contributed by atoms with Gasteiger partial charge in [0.05, 0.1) is 25.0 Å². The third-order valence-corrected chi connectivity index (χ3v) is 6.86. The summed E-state index contributed by atoms with van der Waals surface area (Å²) in [5.41, 5.74) is 2.26. The van der Waals surface area contributed by atoms with Crippen LogP contribution in [0.3, 0.4) is 0 Å². The smallest absolute Gasteiger partial charge is 0.251 e. The first-order valence-corrected chi connectivity index (χ1v) is 13.8. The second-order valence-corrected chi connectivity index (χ2v) is 10.9. The molecule has 0 aliphatic heterocycles. The van der Waals surface area contributed by atoms with E-state index in [2.05, 4.69) is 28.2 Å². The van der Waals surface area contributed by atoms with Crippen LogP contribution in [0.2, 0.25) is 0 Å². The molecule has 1 N–H and O–H groups in total. The van der Waals surface area contributed by atoms with Crippen molar-refractivity contribution in [2.24, 2.45) is 0 Å². The van der Waals surface area contributed by atoms with Crippen molar-refractivity contribution in [1.82, 2.24) is 5.32 Å². The van der Waals surface area contributed by atoms with E-state index in [4.69, 9.17) is 4.74 Å². The number of sulfonamides is 1. The van der Waals surface area contributed by atoms with Gasteiger partial charge in [0, 0.05) is 10.0 Å². The van der Waals surface area contributed by atoms with Crippen LogP contribution in [-0.2, 0) is 23.0 Å². The molecule has 0 atom stereocenters. The number of aryl methyl sites for hydroxylation is 1. The fourth-order valence-corrected chi connectivity index (χ4v) is 4.69. The molecule has 0 fully saturated rings. The van der Waals surface area contributed by atoms with E-state index in [-0.39, 0.29) is 18.1 Å². The van der Waals surface area contributed by atoms with Crippen molar-refractivity contribution in [3.8, 4) is 5.75 Å². The van der Waals surface area contributed by atoms with Gasteiger partial charge in [-0.2, -0.15) is 0 Å². The second kappa shape index (κ2) is 12.2. The molecule has 3 rings (SSSR count). The lowest BCUT2D eigenvalue weighted by Crippen LogP contribution is -2.30. The van der Waals surface area contributed by atoms with Crippen molar-refractivity contribution >= 4 is 37.5 Å². The van der Waals surface area contributed by atoms with Crippen LogP contribution in [0.5, 0.6) is 5.75 Å². The number of nitrogens with zero attached hydrogens (tertiary/aromatic N) is 1. The van der Waals surface area contributed by atoms with Gasteiger partial charge in [-0.3, -0.25) is 9.10 Å². The Kier molecular flexibility index (Phi) is 9.28. The van der Waals surface area contributed by atoms with Crippen molar-refractivity contribution in [3.63, 3.8) is 0 Å². The SMILES string of the molecule is CCCc1ccc(OCCNC(=O)c2ccc(CN(c3ccc(Br)cc3F)S(C)(=O)=O)cc2)cc1. The third kappa shape index (κ3) is 7.80. The van der Waals surface area contributed by atoms with Crippen LogP contribution in [0.4, 0.5) is 10.1 Å². The lowest BCUT2D eigenvalue weighted by molar-refractivity contribution is 0.0947. The summed E-state index contributed by atoms with van der Waals surface area (Å²) in [6, 6.07) is 18.6. The van der Waals surface area contributed by atoms with Gasteiger partial charge >= 0.3 is 0 Å². The molecule has 3 aromatic carbocycles. The molecule has 6 nitrogen and oxygen atoms in total.